The van der Waals surface area contributed by atoms with Crippen LogP contribution in [0.4, 0.5) is 5.69 Å². The molecule has 3 rings (SSSR count). The van der Waals surface area contributed by atoms with Crippen LogP contribution >= 0.6 is 0 Å². The average Bonchev–Trinajstić information content (AvgIpc) is 2.66. The van der Waals surface area contributed by atoms with Crippen molar-refractivity contribution in [3.8, 4) is 5.75 Å². The number of amides is 1. The fraction of sp³-hybridized carbons (Fsp3) is 0.381. The zero-order valence-electron chi connectivity index (χ0n) is 15.3. The van der Waals surface area contributed by atoms with Crippen LogP contribution in [0.2, 0.25) is 0 Å². The molecule has 1 aliphatic rings. The number of carbonyl (C=O) groups is 1. The number of para-hydroxylation sites is 2. The first kappa shape index (κ1) is 18.3. The van der Waals surface area contributed by atoms with Crippen molar-refractivity contribution in [2.24, 2.45) is 5.92 Å². The van der Waals surface area contributed by atoms with Gasteiger partial charge in [-0.2, -0.15) is 0 Å². The van der Waals surface area contributed by atoms with E-state index in [1.165, 1.54) is 0 Å². The summed E-state index contributed by atoms with van der Waals surface area (Å²) < 4.78 is 5.76. The highest BCUT2D eigenvalue weighted by Gasteiger charge is 2.27. The molecule has 0 aliphatic carbocycles. The molecule has 2 N–H and O–H groups in total. The quantitative estimate of drug-likeness (QED) is 0.837. The maximum absolute atomic E-state index is 12.7. The van der Waals surface area contributed by atoms with Gasteiger partial charge in [0.15, 0.2) is 0 Å². The maximum Gasteiger partial charge on any atom is 0.240 e. The van der Waals surface area contributed by atoms with Crippen LogP contribution in [0.5, 0.6) is 5.75 Å². The highest BCUT2D eigenvalue weighted by Crippen LogP contribution is 2.32. The molecule has 2 atom stereocenters. The molecule has 0 fully saturated rings. The van der Waals surface area contributed by atoms with Gasteiger partial charge in [-0.25, -0.2) is 0 Å². The Hall–Kier alpha value is -2.53. The number of nitrogens with zero attached hydrogens (tertiary/aromatic N) is 1. The summed E-state index contributed by atoms with van der Waals surface area (Å²) in [6.45, 7) is 4.84. The van der Waals surface area contributed by atoms with Crippen LogP contribution in [0.15, 0.2) is 54.6 Å². The van der Waals surface area contributed by atoms with Gasteiger partial charge in [0.05, 0.1) is 31.4 Å². The Labute approximate surface area is 154 Å². The number of hydrogen-bond acceptors (Lipinski definition) is 4. The molecule has 1 aliphatic heterocycles. The van der Waals surface area contributed by atoms with Crippen LogP contribution in [0.25, 0.3) is 0 Å². The van der Waals surface area contributed by atoms with E-state index in [9.17, 15) is 9.90 Å². The lowest BCUT2D eigenvalue weighted by Gasteiger charge is -2.35. The van der Waals surface area contributed by atoms with Crippen LogP contribution < -0.4 is 15.0 Å². The number of fused-ring (bicyclic) bond motifs is 1. The summed E-state index contributed by atoms with van der Waals surface area (Å²) in [5.74, 6) is 0.943. The first-order chi connectivity index (χ1) is 12.6. The fourth-order valence-electron chi connectivity index (χ4n) is 3.31. The SMILES string of the molecule is CC(C)[C@H](NC(=O)CN1C[C@@H](CO)Oc2ccccc21)c1ccccc1. The molecule has 0 saturated heterocycles. The van der Waals surface area contributed by atoms with Gasteiger partial charge in [0, 0.05) is 0 Å². The Balaban J connectivity index is 1.73. The minimum atomic E-state index is -0.326. The van der Waals surface area contributed by atoms with Crippen LogP contribution in [0.3, 0.4) is 0 Å². The van der Waals surface area contributed by atoms with Crippen molar-refractivity contribution < 1.29 is 14.6 Å². The van der Waals surface area contributed by atoms with E-state index in [-0.39, 0.29) is 37.1 Å². The van der Waals surface area contributed by atoms with Crippen LogP contribution in [0.1, 0.15) is 25.5 Å². The monoisotopic (exact) mass is 354 g/mol. The predicted molar refractivity (Wildman–Crippen MR) is 102 cm³/mol. The Morgan fingerprint density at radius 2 is 1.88 bits per heavy atom. The summed E-state index contributed by atoms with van der Waals surface area (Å²) in [6.07, 6.45) is -0.326. The smallest absolute Gasteiger partial charge is 0.240 e. The van der Waals surface area contributed by atoms with Crippen molar-refractivity contribution in [1.29, 1.82) is 0 Å². The summed E-state index contributed by atoms with van der Waals surface area (Å²) in [6, 6.07) is 17.6. The third-order valence-electron chi connectivity index (χ3n) is 4.60. The highest BCUT2D eigenvalue weighted by atomic mass is 16.5. The molecule has 0 aromatic heterocycles. The second-order valence-corrected chi connectivity index (χ2v) is 6.97. The van der Waals surface area contributed by atoms with Gasteiger partial charge in [0.2, 0.25) is 5.91 Å². The molecule has 1 amide bonds. The summed E-state index contributed by atoms with van der Waals surface area (Å²) >= 11 is 0. The number of aliphatic hydroxyl groups excluding tert-OH is 1. The summed E-state index contributed by atoms with van der Waals surface area (Å²) in [5.41, 5.74) is 1.99. The third kappa shape index (κ3) is 4.17. The second kappa shape index (κ2) is 8.23. The molecule has 0 spiro atoms. The van der Waals surface area contributed by atoms with Crippen molar-refractivity contribution in [2.45, 2.75) is 26.0 Å². The zero-order chi connectivity index (χ0) is 18.5. The van der Waals surface area contributed by atoms with Crippen LogP contribution in [-0.2, 0) is 4.79 Å². The van der Waals surface area contributed by atoms with Gasteiger partial charge in [-0.15, -0.1) is 0 Å². The normalized spacial score (nSPS) is 17.4. The van der Waals surface area contributed by atoms with E-state index in [0.717, 1.165) is 11.3 Å². The largest absolute Gasteiger partial charge is 0.484 e. The standard InChI is InChI=1S/C21H26N2O3/c1-15(2)21(16-8-4-3-5-9-16)22-20(25)13-23-12-17(14-24)26-19-11-7-6-10-18(19)23/h3-11,15,17,21,24H,12-14H2,1-2H3,(H,22,25)/t17-,21-/m0/s1. The Morgan fingerprint density at radius 3 is 2.58 bits per heavy atom. The van der Waals surface area contributed by atoms with Gasteiger partial charge in [0.1, 0.15) is 11.9 Å². The van der Waals surface area contributed by atoms with E-state index in [1.807, 2.05) is 59.5 Å². The topological polar surface area (TPSA) is 61.8 Å². The van der Waals surface area contributed by atoms with Gasteiger partial charge in [-0.3, -0.25) is 4.79 Å². The molecule has 0 saturated carbocycles. The van der Waals surface area contributed by atoms with Crippen LogP contribution in [0, 0.1) is 5.92 Å². The van der Waals surface area contributed by atoms with Gasteiger partial charge in [-0.1, -0.05) is 56.3 Å². The van der Waals surface area contributed by atoms with Crippen molar-refractivity contribution in [1.82, 2.24) is 5.32 Å². The Bertz CT molecular complexity index is 733. The molecule has 0 unspecified atom stereocenters. The van der Waals surface area contributed by atoms with Crippen molar-refractivity contribution in [3.05, 3.63) is 60.2 Å². The van der Waals surface area contributed by atoms with E-state index < -0.39 is 0 Å². The van der Waals surface area contributed by atoms with Crippen molar-refractivity contribution >= 4 is 11.6 Å². The van der Waals surface area contributed by atoms with Crippen molar-refractivity contribution in [3.63, 3.8) is 0 Å². The van der Waals surface area contributed by atoms with Gasteiger partial charge in [0.25, 0.3) is 0 Å². The zero-order valence-corrected chi connectivity index (χ0v) is 15.3. The van der Waals surface area contributed by atoms with E-state index >= 15 is 0 Å². The summed E-state index contributed by atoms with van der Waals surface area (Å²) in [4.78, 5) is 14.7. The predicted octanol–water partition coefficient (Wildman–Crippen LogP) is 2.76. The number of nitrogens with one attached hydrogen (secondary N) is 1. The molecule has 0 bridgehead atoms. The van der Waals surface area contributed by atoms with Gasteiger partial charge < -0.3 is 20.1 Å². The molecule has 2 aromatic rings. The number of rotatable bonds is 6. The lowest BCUT2D eigenvalue weighted by Crippen LogP contribution is -2.47. The third-order valence-corrected chi connectivity index (χ3v) is 4.60. The summed E-state index contributed by atoms with van der Waals surface area (Å²) in [7, 11) is 0. The second-order valence-electron chi connectivity index (χ2n) is 6.97. The minimum Gasteiger partial charge on any atom is -0.484 e. The molecule has 26 heavy (non-hydrogen) atoms. The first-order valence-electron chi connectivity index (χ1n) is 9.04. The van der Waals surface area contributed by atoms with Gasteiger partial charge in [-0.05, 0) is 23.6 Å². The molecule has 0 radical (unpaired) electrons. The molecular weight excluding hydrogens is 328 g/mol. The Kier molecular flexibility index (Phi) is 5.78. The Morgan fingerprint density at radius 1 is 1.19 bits per heavy atom. The number of ether oxygens (including phenoxy) is 1. The van der Waals surface area contributed by atoms with Crippen LogP contribution in [-0.4, -0.2) is 36.8 Å². The number of benzene rings is 2. The maximum atomic E-state index is 12.7. The number of anilines is 1. The number of carbonyl (C=O) groups excluding carboxylic acids is 1. The highest BCUT2D eigenvalue weighted by molar-refractivity contribution is 5.82. The molecule has 5 nitrogen and oxygen atoms in total. The van der Waals surface area contributed by atoms with E-state index in [4.69, 9.17) is 4.74 Å². The number of aliphatic hydroxyl groups is 1. The fourth-order valence-corrected chi connectivity index (χ4v) is 3.31. The van der Waals surface area contributed by atoms with E-state index in [0.29, 0.717) is 12.3 Å². The first-order valence-corrected chi connectivity index (χ1v) is 9.04. The number of hydrogen-bond donors (Lipinski definition) is 2. The average molecular weight is 354 g/mol. The molecule has 2 aromatic carbocycles. The molecule has 138 valence electrons. The molecular formula is C21H26N2O3. The van der Waals surface area contributed by atoms with Crippen molar-refractivity contribution in [2.75, 3.05) is 24.6 Å². The molecule has 1 heterocycles. The van der Waals surface area contributed by atoms with E-state index in [1.54, 1.807) is 0 Å². The van der Waals surface area contributed by atoms with Gasteiger partial charge >= 0.3 is 0 Å². The summed E-state index contributed by atoms with van der Waals surface area (Å²) in [5, 5.41) is 12.6. The molecule has 5 heteroatoms. The minimum absolute atomic E-state index is 0.0337. The lowest BCUT2D eigenvalue weighted by atomic mass is 9.96. The lowest BCUT2D eigenvalue weighted by molar-refractivity contribution is -0.120. The van der Waals surface area contributed by atoms with E-state index in [2.05, 4.69) is 19.2 Å².